The summed E-state index contributed by atoms with van der Waals surface area (Å²) in [6.07, 6.45) is 0. The van der Waals surface area contributed by atoms with Gasteiger partial charge in [-0.25, -0.2) is 0 Å². The van der Waals surface area contributed by atoms with Crippen LogP contribution in [0.25, 0.3) is 0 Å². The molecule has 0 unspecified atom stereocenters. The number of hydrogen-bond donors (Lipinski definition) is 0. The van der Waals surface area contributed by atoms with E-state index in [1.807, 2.05) is 0 Å². The maximum absolute atomic E-state index is 8.52. The summed E-state index contributed by atoms with van der Waals surface area (Å²) in [4.78, 5) is 0. The summed E-state index contributed by atoms with van der Waals surface area (Å²) >= 11 is 0. The molecule has 0 aliphatic carbocycles. The van der Waals surface area contributed by atoms with Crippen molar-refractivity contribution in [1.82, 2.24) is 0 Å². The van der Waals surface area contributed by atoms with E-state index >= 15 is 0 Å². The zero-order valence-electron chi connectivity index (χ0n) is 18.0. The third-order valence-corrected chi connectivity index (χ3v) is 0. The molecule has 0 bridgehead atoms. The molecular weight excluding hydrogens is 1070 g/mol. The second-order valence-electron chi connectivity index (χ2n) is 2.86. The number of hydrogen-bond acceptors (Lipinski definition) is 28. The van der Waals surface area contributed by atoms with Crippen molar-refractivity contribution in [3.8, 4) is 0 Å². The largest absolute Gasteiger partial charge is 3.00 e. The molecule has 0 atom stereocenters. The molecule has 0 spiro atoms. The van der Waals surface area contributed by atoms with Crippen LogP contribution in [0.1, 0.15) is 0 Å². The molecule has 4 N–H and O–H groups in total. The number of rotatable bonds is 0. The molecule has 0 heterocycles. The third-order valence-electron chi connectivity index (χ3n) is 0. The summed E-state index contributed by atoms with van der Waals surface area (Å²) in [7, 11) is -36.2. The fourth-order valence-corrected chi connectivity index (χ4v) is 0. The molecule has 0 saturated carbocycles. The second-order valence-corrected chi connectivity index (χ2v) is 8.57. The fraction of sp³-hybridized carbons (Fsp3) is 0. The third kappa shape index (κ3) is 14600. The summed E-state index contributed by atoms with van der Waals surface area (Å²) in [6, 6.07) is 0. The molecule has 30 nitrogen and oxygen atoms in total. The van der Waals surface area contributed by atoms with E-state index in [0.717, 1.165) is 0 Å². The van der Waals surface area contributed by atoms with Gasteiger partial charge in [0, 0.05) is 72.8 Å². The van der Waals surface area contributed by atoms with Crippen molar-refractivity contribution in [3.05, 3.63) is 0 Å². The van der Waals surface area contributed by atoms with Gasteiger partial charge < -0.3 is 74.7 Å². The van der Waals surface area contributed by atoms with Crippen molar-refractivity contribution in [2.24, 2.45) is 0 Å². The van der Waals surface area contributed by atoms with Gasteiger partial charge in [-0.3, -0.25) is 58.9 Å². The predicted molar refractivity (Wildman–Crippen MR) is 80.5 cm³/mol. The molecule has 268 valence electrons. The normalized spacial score (nSPS) is 9.44. The van der Waals surface area contributed by atoms with Gasteiger partial charge in [0.1, 0.15) is 0 Å². The van der Waals surface area contributed by atoms with E-state index in [9.17, 15) is 0 Å². The van der Waals surface area contributed by atoms with Crippen LogP contribution in [-0.2, 0) is 180 Å². The Kier molecular flexibility index (Phi) is 95.4. The van der Waals surface area contributed by atoms with Gasteiger partial charge in [0.05, 0.1) is 0 Å². The van der Waals surface area contributed by atoms with Crippen LogP contribution in [0.5, 0.6) is 0 Å². The first-order chi connectivity index (χ1) is 14.0. The predicted octanol–water partition coefficient (Wildman–Crippen LogP) is -11.0. The molecule has 0 fully saturated rings. The van der Waals surface area contributed by atoms with Crippen molar-refractivity contribution in [1.29, 1.82) is 0 Å². The minimum absolute atomic E-state index is 0. The Hall–Kier alpha value is 2.33. The molecule has 4 radical (unpaired) electrons. The van der Waals surface area contributed by atoms with Gasteiger partial charge in [-0.15, -0.1) is 0 Å². The first-order valence-electron chi connectivity index (χ1n) is 4.67. The monoisotopic (exact) mass is 1070 g/mol. The van der Waals surface area contributed by atoms with E-state index in [-0.39, 0.29) is 118 Å². The van der Waals surface area contributed by atoms with Crippen molar-refractivity contribution in [2.45, 2.75) is 0 Å². The first-order valence-corrected chi connectivity index (χ1v) is 14.0. The summed E-state index contributed by atoms with van der Waals surface area (Å²) < 4.78 is 239. The average Bonchev–Trinajstić information content (AvgIpc) is 2.06. The van der Waals surface area contributed by atoms with Gasteiger partial charge in [0.2, 0.25) is 0 Å². The van der Waals surface area contributed by atoms with Crippen molar-refractivity contribution < 1.29 is 241 Å². The van der Waals surface area contributed by atoms with Gasteiger partial charge in [0.25, 0.3) is 0 Å². The average molecular weight is 1080 g/mol. The smallest absolute Gasteiger partial charge is 0.759 e. The van der Waals surface area contributed by atoms with E-state index in [2.05, 4.69) is 0 Å². The van der Waals surface area contributed by atoms with Crippen LogP contribution in [0.4, 0.5) is 0 Å². The Morgan fingerprint density at radius 1 is 0.233 bits per heavy atom. The Labute approximate surface area is 310 Å². The minimum Gasteiger partial charge on any atom is -0.759 e. The Bertz CT molecular complexity index is 938. The van der Waals surface area contributed by atoms with Crippen LogP contribution in [0.3, 0.4) is 0 Å². The van der Waals surface area contributed by atoms with Crippen LogP contribution in [-0.4, -0.2) is 134 Å². The quantitative estimate of drug-likeness (QED) is 0.123. The van der Waals surface area contributed by atoms with Crippen LogP contribution in [0, 0.1) is 0 Å². The topological polar surface area (TPSA) is 625 Å². The molecule has 0 amide bonds. The van der Waals surface area contributed by atoms with Crippen LogP contribution in [0.15, 0.2) is 0 Å². The first kappa shape index (κ1) is 96.8. The van der Waals surface area contributed by atoms with Crippen molar-refractivity contribution in [2.75, 3.05) is 0 Å². The maximum Gasteiger partial charge on any atom is 3.00 e. The molecule has 43 heavy (non-hydrogen) atoms. The fourth-order valence-electron chi connectivity index (χ4n) is 0. The van der Waals surface area contributed by atoms with E-state index in [1.165, 1.54) is 0 Å². The molecule has 0 aromatic heterocycles. The van der Waals surface area contributed by atoms with E-state index in [4.69, 9.17) is 123 Å². The van der Waals surface area contributed by atoms with Gasteiger partial charge in [-0.1, -0.05) is 0 Å². The van der Waals surface area contributed by atoms with Crippen LogP contribution in [0.2, 0.25) is 0 Å². The molecule has 0 aliphatic rings. The SMILES string of the molecule is O.O.O=S(=O)([O-])[O-].O=S(=O)([O-])[O-].O=S(=O)([O-])[O-].O=S(=O)([O-])[O-].O=S(=O)([O-])[O-].O=S(=O)([O-])[O-].O=S(=O)([O-])[O-].[Cu+2].[Cu+2].[Fe+3].[Fe+3].[Zn+2].[Zn+2]. The van der Waals surface area contributed by atoms with Gasteiger partial charge in [-0.05, 0) is 0 Å². The molecule has 0 rings (SSSR count). The molecule has 0 aromatic carbocycles. The summed E-state index contributed by atoms with van der Waals surface area (Å²) in [5, 5.41) is 0. The molecule has 43 heteroatoms. The zero-order chi connectivity index (χ0) is 31.5. The zero-order valence-corrected chi connectivity index (χ0v) is 33.8. The van der Waals surface area contributed by atoms with Crippen molar-refractivity contribution in [3.63, 3.8) is 0 Å². The van der Waals surface area contributed by atoms with Gasteiger partial charge >= 0.3 is 107 Å². The molecule has 0 aliphatic heterocycles. The van der Waals surface area contributed by atoms with E-state index in [0.29, 0.717) is 0 Å². The maximum atomic E-state index is 8.52. The summed E-state index contributed by atoms with van der Waals surface area (Å²) in [5.41, 5.74) is 0. The molecule has 0 aromatic rings. The Morgan fingerprint density at radius 3 is 0.233 bits per heavy atom. The summed E-state index contributed by atoms with van der Waals surface area (Å²) in [6.45, 7) is 0. The molecule has 0 saturated heterocycles. The van der Waals surface area contributed by atoms with Crippen LogP contribution >= 0.6 is 0 Å². The van der Waals surface area contributed by atoms with E-state index in [1.54, 1.807) is 0 Å². The van der Waals surface area contributed by atoms with Gasteiger partial charge in [-0.2, -0.15) is 0 Å². The molecular formula is H4Cu2Fe2O30S7Zn2. The second kappa shape index (κ2) is 42.4. The van der Waals surface area contributed by atoms with Gasteiger partial charge in [0.15, 0.2) is 0 Å². The van der Waals surface area contributed by atoms with Crippen LogP contribution < -0.4 is 0 Å². The van der Waals surface area contributed by atoms with Crippen molar-refractivity contribution >= 4 is 72.8 Å². The standard InChI is InChI=1S/2Cu.2Fe.7H2O4S.2H2O.2Zn/c;;;;7*1-5(2,3)4;;;;/h;;;;7*(H2,1,2,3,4);2*1H2;;/q2*+2;2*+3;;;;;;;;;;2*+2/p-14. The summed E-state index contributed by atoms with van der Waals surface area (Å²) in [5.74, 6) is 0. The Morgan fingerprint density at radius 2 is 0.233 bits per heavy atom. The minimum atomic E-state index is -5.17. The Balaban J connectivity index is -0.0000000159. The van der Waals surface area contributed by atoms with E-state index < -0.39 is 72.8 Å².